The van der Waals surface area contributed by atoms with Crippen LogP contribution >= 0.6 is 0 Å². The van der Waals surface area contributed by atoms with Crippen molar-refractivity contribution in [3.8, 4) is 0 Å². The van der Waals surface area contributed by atoms with Crippen LogP contribution in [0.5, 0.6) is 0 Å². The summed E-state index contributed by atoms with van der Waals surface area (Å²) in [5.41, 5.74) is 1.13. The Morgan fingerprint density at radius 3 is 2.62 bits per heavy atom. The van der Waals surface area contributed by atoms with Gasteiger partial charge in [-0.25, -0.2) is 0 Å². The van der Waals surface area contributed by atoms with E-state index < -0.39 is 23.7 Å². The molecule has 0 saturated carbocycles. The first-order valence-electron chi connectivity index (χ1n) is 4.43. The highest BCUT2D eigenvalue weighted by atomic mass is 32.2. The minimum Gasteiger partial charge on any atom is -0.402 e. The van der Waals surface area contributed by atoms with Gasteiger partial charge >= 0.3 is 7.32 Å². The summed E-state index contributed by atoms with van der Waals surface area (Å²) in [5.74, 6) is 0. The van der Waals surface area contributed by atoms with Crippen molar-refractivity contribution in [1.82, 2.24) is 0 Å². The van der Waals surface area contributed by atoms with Crippen LogP contribution in [-0.4, -0.2) is 30.8 Å². The zero-order valence-corrected chi connectivity index (χ0v) is 8.81. The predicted octanol–water partition coefficient (Wildman–Crippen LogP) is -0.852. The highest BCUT2D eigenvalue weighted by Gasteiger charge is 2.33. The van der Waals surface area contributed by atoms with Gasteiger partial charge in [-0.15, -0.1) is 0 Å². The van der Waals surface area contributed by atoms with Crippen molar-refractivity contribution in [3.05, 3.63) is 29.8 Å². The normalized spacial score (nSPS) is 17.9. The lowest BCUT2D eigenvalue weighted by atomic mass is 10.1. The maximum atomic E-state index is 10.9. The predicted molar refractivity (Wildman–Crippen MR) is 58.0 cm³/mol. The van der Waals surface area contributed by atoms with Crippen molar-refractivity contribution in [2.45, 2.75) is 6.10 Å². The molecule has 0 aliphatic carbocycles. The zero-order chi connectivity index (χ0) is 11.7. The van der Waals surface area contributed by atoms with Gasteiger partial charge in [-0.05, 0) is 6.07 Å². The number of benzene rings is 1. The molecular formula is C8H8BNO5S. The second kappa shape index (κ2) is 4.26. The largest absolute Gasteiger partial charge is 0.634 e. The molecule has 1 aliphatic rings. The van der Waals surface area contributed by atoms with E-state index in [9.17, 15) is 8.42 Å². The molecule has 0 aromatic heterocycles. The van der Waals surface area contributed by atoms with Crippen molar-refractivity contribution in [1.29, 1.82) is 0 Å². The van der Waals surface area contributed by atoms with Crippen LogP contribution < -0.4 is 5.32 Å². The molecule has 0 radical (unpaired) electrons. The Balaban J connectivity index is 2.49. The minimum atomic E-state index is -2.51. The number of anilines is 1. The molecule has 2 rings (SSSR count). The summed E-state index contributed by atoms with van der Waals surface area (Å²) >= 11 is 0. The summed E-state index contributed by atoms with van der Waals surface area (Å²) in [6.45, 7) is 0. The number of nitrogens with one attached hydrogen (secondary N) is 1. The molecule has 0 amide bonds. The summed E-state index contributed by atoms with van der Waals surface area (Å²) in [4.78, 5) is -0.130. The van der Waals surface area contributed by atoms with Gasteiger partial charge in [-0.1, -0.05) is 18.2 Å². The third kappa shape index (κ3) is 1.95. The van der Waals surface area contributed by atoms with Gasteiger partial charge in [0.2, 0.25) is 10.3 Å². The molecule has 6 nitrogen and oxygen atoms in total. The van der Waals surface area contributed by atoms with Crippen LogP contribution in [0, 0.1) is 0 Å². The van der Waals surface area contributed by atoms with Crippen LogP contribution in [0.25, 0.3) is 0 Å². The smallest absolute Gasteiger partial charge is 0.402 e. The Bertz CT molecular complexity index is 533. The third-order valence-corrected chi connectivity index (χ3v) is 2.85. The number of hydrogen-bond donors (Lipinski definition) is 3. The highest BCUT2D eigenvalue weighted by Crippen LogP contribution is 2.33. The maximum Gasteiger partial charge on any atom is 0.634 e. The SMILES string of the molecule is O=S(=O)=C1Nc2ccccc2C1OB(O)O. The monoisotopic (exact) mass is 241 g/mol. The summed E-state index contributed by atoms with van der Waals surface area (Å²) in [6.07, 6.45) is -1.01. The van der Waals surface area contributed by atoms with Gasteiger partial charge in [0, 0.05) is 11.3 Å². The van der Waals surface area contributed by atoms with Crippen molar-refractivity contribution in [2.75, 3.05) is 5.32 Å². The topological polar surface area (TPSA) is 95.9 Å². The molecule has 1 heterocycles. The van der Waals surface area contributed by atoms with Gasteiger partial charge in [0.05, 0.1) is 0 Å². The van der Waals surface area contributed by atoms with Crippen LogP contribution in [0.2, 0.25) is 0 Å². The number of fused-ring (bicyclic) bond motifs is 1. The van der Waals surface area contributed by atoms with E-state index in [-0.39, 0.29) is 4.99 Å². The van der Waals surface area contributed by atoms with E-state index in [1.807, 2.05) is 0 Å². The Morgan fingerprint density at radius 2 is 2.00 bits per heavy atom. The first-order valence-corrected chi connectivity index (χ1v) is 5.50. The van der Waals surface area contributed by atoms with Crippen LogP contribution in [0.4, 0.5) is 5.69 Å². The van der Waals surface area contributed by atoms with E-state index >= 15 is 0 Å². The first kappa shape index (κ1) is 11.1. The Kier molecular flexibility index (Phi) is 2.97. The molecule has 84 valence electrons. The average molecular weight is 241 g/mol. The molecule has 0 spiro atoms. The second-order valence-corrected chi connectivity index (χ2v) is 4.06. The van der Waals surface area contributed by atoms with Crippen molar-refractivity contribution in [3.63, 3.8) is 0 Å². The summed E-state index contributed by atoms with van der Waals surface area (Å²) in [7, 11) is -4.54. The third-order valence-electron chi connectivity index (χ3n) is 2.18. The van der Waals surface area contributed by atoms with Crippen LogP contribution in [0.1, 0.15) is 11.7 Å². The minimum absolute atomic E-state index is 0.130. The maximum absolute atomic E-state index is 10.9. The standard InChI is InChI=1S/C8H8BNO5S/c11-9(12)15-7-5-3-1-2-4-6(5)10-8(7)16(13)14/h1-4,7,10-12H. The number of hydrogen-bond acceptors (Lipinski definition) is 5. The molecule has 3 N–H and O–H groups in total. The van der Waals surface area contributed by atoms with Gasteiger partial charge in [0.1, 0.15) is 6.10 Å². The van der Waals surface area contributed by atoms with E-state index in [2.05, 4.69) is 5.32 Å². The first-order chi connectivity index (χ1) is 7.59. The van der Waals surface area contributed by atoms with Crippen LogP contribution in [-0.2, 0) is 14.9 Å². The molecule has 0 fully saturated rings. The van der Waals surface area contributed by atoms with E-state index in [1.165, 1.54) is 0 Å². The van der Waals surface area contributed by atoms with E-state index in [0.29, 0.717) is 11.3 Å². The van der Waals surface area contributed by atoms with E-state index in [4.69, 9.17) is 14.7 Å². The molecule has 0 bridgehead atoms. The number of para-hydroxylation sites is 1. The molecule has 16 heavy (non-hydrogen) atoms. The molecule has 1 unspecified atom stereocenters. The van der Waals surface area contributed by atoms with Crippen LogP contribution in [0.3, 0.4) is 0 Å². The van der Waals surface area contributed by atoms with Crippen molar-refractivity contribution in [2.24, 2.45) is 0 Å². The lowest BCUT2D eigenvalue weighted by Crippen LogP contribution is -2.25. The van der Waals surface area contributed by atoms with Gasteiger partial charge in [0.15, 0.2) is 4.99 Å². The Morgan fingerprint density at radius 1 is 1.31 bits per heavy atom. The number of rotatable bonds is 2. The highest BCUT2D eigenvalue weighted by molar-refractivity contribution is 7.73. The van der Waals surface area contributed by atoms with Crippen molar-refractivity contribution >= 4 is 28.3 Å². The quantitative estimate of drug-likeness (QED) is 0.461. The lowest BCUT2D eigenvalue weighted by molar-refractivity contribution is 0.162. The van der Waals surface area contributed by atoms with E-state index in [0.717, 1.165) is 0 Å². The molecule has 1 aliphatic heterocycles. The summed E-state index contributed by atoms with van der Waals surface area (Å²) < 4.78 is 26.6. The lowest BCUT2D eigenvalue weighted by Gasteiger charge is -2.10. The molecule has 8 heteroatoms. The fourth-order valence-corrected chi connectivity index (χ4v) is 2.12. The fraction of sp³-hybridized carbons (Fsp3) is 0.125. The van der Waals surface area contributed by atoms with Crippen LogP contribution in [0.15, 0.2) is 24.3 Å². The zero-order valence-electron chi connectivity index (χ0n) is 7.99. The van der Waals surface area contributed by atoms with E-state index in [1.54, 1.807) is 24.3 Å². The van der Waals surface area contributed by atoms with Gasteiger partial charge < -0.3 is 20.0 Å². The molecular weight excluding hydrogens is 233 g/mol. The summed E-state index contributed by atoms with van der Waals surface area (Å²) in [5, 5.41) is 20.1. The Labute approximate surface area is 93.2 Å². The summed E-state index contributed by atoms with van der Waals surface area (Å²) in [6, 6.07) is 6.76. The molecule has 0 saturated heterocycles. The average Bonchev–Trinajstić information content (AvgIpc) is 2.57. The van der Waals surface area contributed by atoms with Gasteiger partial charge in [0.25, 0.3) is 0 Å². The molecule has 1 aromatic rings. The molecule has 1 aromatic carbocycles. The van der Waals surface area contributed by atoms with Gasteiger partial charge in [-0.3, -0.25) is 0 Å². The van der Waals surface area contributed by atoms with Crippen molar-refractivity contribution < 1.29 is 23.1 Å². The molecule has 1 atom stereocenters. The Hall–Kier alpha value is -1.35. The second-order valence-electron chi connectivity index (χ2n) is 3.15. The van der Waals surface area contributed by atoms with Gasteiger partial charge in [-0.2, -0.15) is 8.42 Å². The fourth-order valence-electron chi connectivity index (χ4n) is 1.56.